The first-order valence-corrected chi connectivity index (χ1v) is 3.89. The third-order valence-corrected chi connectivity index (χ3v) is 2.04. The molecule has 13 heavy (non-hydrogen) atoms. The maximum atomic E-state index is 12.8. The van der Waals surface area contributed by atoms with Gasteiger partial charge in [0, 0.05) is 5.56 Å². The van der Waals surface area contributed by atoms with E-state index in [1.165, 1.54) is 12.1 Å². The molecule has 3 heteroatoms. The van der Waals surface area contributed by atoms with Gasteiger partial charge in [-0.05, 0) is 31.0 Å². The van der Waals surface area contributed by atoms with Gasteiger partial charge in [0.2, 0.25) is 0 Å². The molecule has 1 rings (SSSR count). The van der Waals surface area contributed by atoms with Crippen LogP contribution in [0.2, 0.25) is 0 Å². The number of rotatable bonds is 2. The van der Waals surface area contributed by atoms with Gasteiger partial charge in [-0.3, -0.25) is 4.79 Å². The van der Waals surface area contributed by atoms with E-state index in [1.807, 2.05) is 6.92 Å². The van der Waals surface area contributed by atoms with E-state index in [1.54, 1.807) is 13.0 Å². The van der Waals surface area contributed by atoms with Crippen molar-refractivity contribution >= 4 is 6.29 Å². The van der Waals surface area contributed by atoms with Crippen LogP contribution < -0.4 is 0 Å². The molecule has 0 aliphatic heterocycles. The van der Waals surface area contributed by atoms with Crippen molar-refractivity contribution in [3.05, 3.63) is 34.9 Å². The predicted molar refractivity (Wildman–Crippen MR) is 45.9 cm³/mol. The molecule has 0 unspecified atom stereocenters. The Labute approximate surface area is 75.4 Å². The monoisotopic (exact) mass is 184 g/mol. The topological polar surface area (TPSA) is 17.1 Å². The molecular weight excluding hydrogens is 174 g/mol. The zero-order valence-electron chi connectivity index (χ0n) is 7.47. The molecule has 0 aliphatic carbocycles. The Balaban J connectivity index is 3.18. The molecule has 70 valence electrons. The van der Waals surface area contributed by atoms with Crippen molar-refractivity contribution in [3.63, 3.8) is 0 Å². The summed E-state index contributed by atoms with van der Waals surface area (Å²) in [6.45, 7) is 3.57. The van der Waals surface area contributed by atoms with Crippen LogP contribution in [0, 0.1) is 13.8 Å². The standard InChI is InChI=1S/C10H10F2O/c1-7-3-4-9(5-8(7)2)10(11,12)6-13/h3-6H,1-2H3. The van der Waals surface area contributed by atoms with E-state index in [-0.39, 0.29) is 11.8 Å². The van der Waals surface area contributed by atoms with E-state index in [4.69, 9.17) is 0 Å². The van der Waals surface area contributed by atoms with E-state index in [2.05, 4.69) is 0 Å². The molecule has 0 radical (unpaired) electrons. The average molecular weight is 184 g/mol. The van der Waals surface area contributed by atoms with Crippen LogP contribution in [0.1, 0.15) is 16.7 Å². The highest BCUT2D eigenvalue weighted by Gasteiger charge is 2.30. The zero-order chi connectivity index (χ0) is 10.1. The third-order valence-electron chi connectivity index (χ3n) is 2.04. The first-order valence-electron chi connectivity index (χ1n) is 3.89. The summed E-state index contributed by atoms with van der Waals surface area (Å²) in [4.78, 5) is 10.1. The predicted octanol–water partition coefficient (Wildman–Crippen LogP) is 2.59. The van der Waals surface area contributed by atoms with Crippen LogP contribution in [0.3, 0.4) is 0 Å². The number of halogens is 2. The second-order valence-electron chi connectivity index (χ2n) is 3.04. The van der Waals surface area contributed by atoms with Gasteiger partial charge in [0.25, 0.3) is 0 Å². The van der Waals surface area contributed by atoms with E-state index in [0.29, 0.717) is 0 Å². The van der Waals surface area contributed by atoms with Gasteiger partial charge < -0.3 is 0 Å². The first kappa shape index (κ1) is 9.84. The number of carbonyl (C=O) groups is 1. The summed E-state index contributed by atoms with van der Waals surface area (Å²) < 4.78 is 25.7. The van der Waals surface area contributed by atoms with Gasteiger partial charge in [0.1, 0.15) is 0 Å². The number of aryl methyl sites for hydroxylation is 2. The molecule has 0 saturated heterocycles. The molecule has 0 atom stereocenters. The second-order valence-corrected chi connectivity index (χ2v) is 3.04. The fourth-order valence-corrected chi connectivity index (χ4v) is 1.02. The minimum absolute atomic E-state index is 0.245. The lowest BCUT2D eigenvalue weighted by Crippen LogP contribution is -2.14. The highest BCUT2D eigenvalue weighted by Crippen LogP contribution is 2.26. The molecule has 0 spiro atoms. The highest BCUT2D eigenvalue weighted by molar-refractivity contribution is 5.63. The molecule has 1 nitrogen and oxygen atoms in total. The Morgan fingerprint density at radius 3 is 2.31 bits per heavy atom. The Morgan fingerprint density at radius 1 is 1.23 bits per heavy atom. The molecule has 0 N–H and O–H groups in total. The highest BCUT2D eigenvalue weighted by atomic mass is 19.3. The van der Waals surface area contributed by atoms with Gasteiger partial charge in [0.15, 0.2) is 6.29 Å². The second kappa shape index (κ2) is 3.24. The fraction of sp³-hybridized carbons (Fsp3) is 0.300. The molecule has 1 aromatic rings. The Morgan fingerprint density at radius 2 is 1.85 bits per heavy atom. The molecular formula is C10H10F2O. The van der Waals surface area contributed by atoms with E-state index in [9.17, 15) is 13.6 Å². The lowest BCUT2D eigenvalue weighted by molar-refractivity contribution is -0.130. The molecule has 0 heterocycles. The summed E-state index contributed by atoms with van der Waals surface area (Å²) in [5.74, 6) is -3.36. The summed E-state index contributed by atoms with van der Waals surface area (Å²) in [5.41, 5.74) is 1.45. The Kier molecular flexibility index (Phi) is 2.45. The molecule has 1 aromatic carbocycles. The summed E-state index contributed by atoms with van der Waals surface area (Å²) in [7, 11) is 0. The normalized spacial score (nSPS) is 11.4. The van der Waals surface area contributed by atoms with Crippen LogP contribution in [0.25, 0.3) is 0 Å². The maximum absolute atomic E-state index is 12.8. The number of benzene rings is 1. The molecule has 0 amide bonds. The van der Waals surface area contributed by atoms with Gasteiger partial charge >= 0.3 is 5.92 Å². The number of alkyl halides is 2. The van der Waals surface area contributed by atoms with E-state index < -0.39 is 5.92 Å². The lowest BCUT2D eigenvalue weighted by Gasteiger charge is -2.10. The average Bonchev–Trinajstić information content (AvgIpc) is 2.09. The molecule has 0 aromatic heterocycles. The van der Waals surface area contributed by atoms with Gasteiger partial charge in [-0.2, -0.15) is 8.78 Å². The van der Waals surface area contributed by atoms with Crippen LogP contribution in [0.15, 0.2) is 18.2 Å². The van der Waals surface area contributed by atoms with Gasteiger partial charge in [-0.25, -0.2) is 0 Å². The number of hydrogen-bond acceptors (Lipinski definition) is 1. The number of carbonyl (C=O) groups excluding carboxylic acids is 1. The summed E-state index contributed by atoms with van der Waals surface area (Å²) >= 11 is 0. The van der Waals surface area contributed by atoms with Crippen molar-refractivity contribution in [2.24, 2.45) is 0 Å². The van der Waals surface area contributed by atoms with Gasteiger partial charge in [-0.1, -0.05) is 12.1 Å². The zero-order valence-corrected chi connectivity index (χ0v) is 7.47. The smallest absolute Gasteiger partial charge is 0.296 e. The van der Waals surface area contributed by atoms with Crippen molar-refractivity contribution in [3.8, 4) is 0 Å². The van der Waals surface area contributed by atoms with Crippen molar-refractivity contribution < 1.29 is 13.6 Å². The lowest BCUT2D eigenvalue weighted by atomic mass is 10.0. The van der Waals surface area contributed by atoms with Crippen LogP contribution in [0.5, 0.6) is 0 Å². The quantitative estimate of drug-likeness (QED) is 0.645. The van der Waals surface area contributed by atoms with Crippen LogP contribution >= 0.6 is 0 Å². The van der Waals surface area contributed by atoms with Crippen molar-refractivity contribution in [2.75, 3.05) is 0 Å². The largest absolute Gasteiger partial charge is 0.327 e. The number of hydrogen-bond donors (Lipinski definition) is 0. The molecule has 0 bridgehead atoms. The molecule has 0 aliphatic rings. The summed E-state index contributed by atoms with van der Waals surface area (Å²) in [6.07, 6.45) is -0.336. The number of aldehydes is 1. The van der Waals surface area contributed by atoms with Crippen molar-refractivity contribution in [1.29, 1.82) is 0 Å². The van der Waals surface area contributed by atoms with Gasteiger partial charge in [-0.15, -0.1) is 0 Å². The summed E-state index contributed by atoms with van der Waals surface area (Å²) in [6, 6.07) is 4.20. The first-order chi connectivity index (χ1) is 5.97. The minimum Gasteiger partial charge on any atom is -0.296 e. The Hall–Kier alpha value is -1.25. The molecule has 0 fully saturated rings. The van der Waals surface area contributed by atoms with Crippen LogP contribution in [-0.2, 0) is 10.7 Å². The molecule has 0 saturated carbocycles. The van der Waals surface area contributed by atoms with E-state index in [0.717, 1.165) is 11.1 Å². The third kappa shape index (κ3) is 1.91. The van der Waals surface area contributed by atoms with E-state index >= 15 is 0 Å². The van der Waals surface area contributed by atoms with Crippen LogP contribution in [0.4, 0.5) is 8.78 Å². The van der Waals surface area contributed by atoms with Crippen molar-refractivity contribution in [1.82, 2.24) is 0 Å². The minimum atomic E-state index is -3.36. The fourth-order valence-electron chi connectivity index (χ4n) is 1.02. The maximum Gasteiger partial charge on any atom is 0.327 e. The Bertz CT molecular complexity index is 332. The van der Waals surface area contributed by atoms with Crippen molar-refractivity contribution in [2.45, 2.75) is 19.8 Å². The SMILES string of the molecule is Cc1ccc(C(F)(F)C=O)cc1C. The van der Waals surface area contributed by atoms with Crippen LogP contribution in [-0.4, -0.2) is 6.29 Å². The van der Waals surface area contributed by atoms with Gasteiger partial charge in [0.05, 0.1) is 0 Å². The summed E-state index contributed by atoms with van der Waals surface area (Å²) in [5, 5.41) is 0.